The minimum atomic E-state index is -0.357. The van der Waals surface area contributed by atoms with Crippen molar-refractivity contribution in [1.82, 2.24) is 0 Å². The zero-order valence-electron chi connectivity index (χ0n) is 9.62. The van der Waals surface area contributed by atoms with Crippen molar-refractivity contribution in [1.29, 1.82) is 0 Å². The molecule has 0 radical (unpaired) electrons. The molecule has 1 aliphatic carbocycles. The van der Waals surface area contributed by atoms with Crippen molar-refractivity contribution in [2.45, 2.75) is 26.2 Å². The molecule has 1 saturated carbocycles. The molecular formula is C13H18N2O. The van der Waals surface area contributed by atoms with E-state index in [-0.39, 0.29) is 5.91 Å². The van der Waals surface area contributed by atoms with E-state index in [0.717, 1.165) is 23.7 Å². The molecule has 0 aliphatic heterocycles. The Morgan fingerprint density at radius 2 is 2.25 bits per heavy atom. The monoisotopic (exact) mass is 218 g/mol. The van der Waals surface area contributed by atoms with Gasteiger partial charge in [-0.2, -0.15) is 0 Å². The van der Waals surface area contributed by atoms with Crippen LogP contribution in [0.25, 0.3) is 0 Å². The minimum absolute atomic E-state index is 0.357. The molecule has 16 heavy (non-hydrogen) atoms. The molecule has 3 N–H and O–H groups in total. The molecule has 0 spiro atoms. The molecule has 0 heterocycles. The smallest absolute Gasteiger partial charge is 0.249 e. The van der Waals surface area contributed by atoms with Crippen LogP contribution < -0.4 is 11.1 Å². The van der Waals surface area contributed by atoms with Crippen LogP contribution in [0.4, 0.5) is 5.69 Å². The van der Waals surface area contributed by atoms with Gasteiger partial charge in [0.25, 0.3) is 0 Å². The van der Waals surface area contributed by atoms with Crippen LogP contribution in [0.3, 0.4) is 0 Å². The summed E-state index contributed by atoms with van der Waals surface area (Å²) in [6.45, 7) is 2.94. The van der Waals surface area contributed by atoms with E-state index in [1.165, 1.54) is 19.3 Å². The Balaban J connectivity index is 2.07. The number of nitrogens with two attached hydrogens (primary N) is 1. The molecule has 1 fully saturated rings. The van der Waals surface area contributed by atoms with Gasteiger partial charge >= 0.3 is 0 Å². The Morgan fingerprint density at radius 1 is 1.50 bits per heavy atom. The van der Waals surface area contributed by atoms with E-state index in [9.17, 15) is 4.79 Å². The molecule has 0 atom stereocenters. The lowest BCUT2D eigenvalue weighted by molar-refractivity contribution is 0.1000. The van der Waals surface area contributed by atoms with Gasteiger partial charge in [0.2, 0.25) is 5.91 Å². The summed E-state index contributed by atoms with van der Waals surface area (Å²) in [4.78, 5) is 11.2. The number of anilines is 1. The lowest BCUT2D eigenvalue weighted by Crippen LogP contribution is -2.21. The first kappa shape index (κ1) is 11.0. The van der Waals surface area contributed by atoms with Crippen LogP contribution in [0.15, 0.2) is 18.2 Å². The predicted octanol–water partition coefficient (Wildman–Crippen LogP) is 2.31. The van der Waals surface area contributed by atoms with Crippen LogP contribution in [0, 0.1) is 12.8 Å². The standard InChI is InChI=1S/C13H18N2O/c1-9-11(13(14)16)6-3-7-12(9)15-8-10-4-2-5-10/h3,6-7,10,15H,2,4-5,8H2,1H3,(H2,14,16). The number of carbonyl (C=O) groups excluding carboxylic acids is 1. The van der Waals surface area contributed by atoms with E-state index in [4.69, 9.17) is 5.73 Å². The van der Waals surface area contributed by atoms with Crippen LogP contribution in [0.5, 0.6) is 0 Å². The van der Waals surface area contributed by atoms with Crippen LogP contribution in [0.1, 0.15) is 35.2 Å². The summed E-state index contributed by atoms with van der Waals surface area (Å²) < 4.78 is 0. The highest BCUT2D eigenvalue weighted by Crippen LogP contribution is 2.27. The van der Waals surface area contributed by atoms with E-state index in [0.29, 0.717) is 5.56 Å². The van der Waals surface area contributed by atoms with Crippen molar-refractivity contribution in [2.24, 2.45) is 11.7 Å². The van der Waals surface area contributed by atoms with Crippen molar-refractivity contribution in [2.75, 3.05) is 11.9 Å². The van der Waals surface area contributed by atoms with Crippen LogP contribution in [-0.4, -0.2) is 12.5 Å². The van der Waals surface area contributed by atoms with Gasteiger partial charge in [-0.05, 0) is 43.4 Å². The van der Waals surface area contributed by atoms with Gasteiger partial charge in [0.1, 0.15) is 0 Å². The predicted molar refractivity (Wildman–Crippen MR) is 65.5 cm³/mol. The van der Waals surface area contributed by atoms with E-state index >= 15 is 0 Å². The molecule has 2 rings (SSSR count). The van der Waals surface area contributed by atoms with Crippen molar-refractivity contribution in [3.63, 3.8) is 0 Å². The van der Waals surface area contributed by atoms with Crippen molar-refractivity contribution in [3.8, 4) is 0 Å². The highest BCUT2D eigenvalue weighted by molar-refractivity contribution is 5.95. The molecule has 1 aromatic rings. The number of carbonyl (C=O) groups is 1. The summed E-state index contributed by atoms with van der Waals surface area (Å²) >= 11 is 0. The molecule has 3 heteroatoms. The van der Waals surface area contributed by atoms with Gasteiger partial charge in [0.05, 0.1) is 0 Å². The minimum Gasteiger partial charge on any atom is -0.385 e. The normalized spacial score (nSPS) is 15.6. The van der Waals surface area contributed by atoms with Crippen LogP contribution >= 0.6 is 0 Å². The Morgan fingerprint density at radius 3 is 2.81 bits per heavy atom. The Hall–Kier alpha value is -1.51. The van der Waals surface area contributed by atoms with E-state index < -0.39 is 0 Å². The van der Waals surface area contributed by atoms with Gasteiger partial charge < -0.3 is 11.1 Å². The van der Waals surface area contributed by atoms with Crippen LogP contribution in [-0.2, 0) is 0 Å². The fraction of sp³-hybridized carbons (Fsp3) is 0.462. The number of primary amides is 1. The van der Waals surface area contributed by atoms with E-state index in [1.54, 1.807) is 6.07 Å². The third-order valence-corrected chi connectivity index (χ3v) is 3.41. The highest BCUT2D eigenvalue weighted by Gasteiger charge is 2.17. The largest absolute Gasteiger partial charge is 0.385 e. The Kier molecular flexibility index (Phi) is 3.13. The third-order valence-electron chi connectivity index (χ3n) is 3.41. The zero-order chi connectivity index (χ0) is 11.5. The van der Waals surface area contributed by atoms with Gasteiger partial charge in [-0.15, -0.1) is 0 Å². The zero-order valence-corrected chi connectivity index (χ0v) is 9.62. The third kappa shape index (κ3) is 2.18. The number of rotatable bonds is 4. The fourth-order valence-corrected chi connectivity index (χ4v) is 2.05. The fourth-order valence-electron chi connectivity index (χ4n) is 2.05. The highest BCUT2D eigenvalue weighted by atomic mass is 16.1. The summed E-state index contributed by atoms with van der Waals surface area (Å²) in [6.07, 6.45) is 4.00. The van der Waals surface area contributed by atoms with Gasteiger partial charge in [0, 0.05) is 17.8 Å². The molecule has 0 bridgehead atoms. The van der Waals surface area contributed by atoms with Crippen molar-refractivity contribution < 1.29 is 4.79 Å². The molecule has 86 valence electrons. The maximum absolute atomic E-state index is 11.2. The molecule has 3 nitrogen and oxygen atoms in total. The maximum atomic E-state index is 11.2. The SMILES string of the molecule is Cc1c(NCC2CCC2)cccc1C(N)=O. The van der Waals surface area contributed by atoms with E-state index in [2.05, 4.69) is 5.32 Å². The second kappa shape index (κ2) is 4.56. The summed E-state index contributed by atoms with van der Waals surface area (Å²) in [5.74, 6) is 0.446. The molecular weight excluding hydrogens is 200 g/mol. The first-order valence-electron chi connectivity index (χ1n) is 5.82. The first-order chi connectivity index (χ1) is 7.68. The summed E-state index contributed by atoms with van der Waals surface area (Å²) in [5, 5.41) is 3.40. The molecule has 0 aromatic heterocycles. The number of hydrogen-bond acceptors (Lipinski definition) is 2. The van der Waals surface area contributed by atoms with Crippen molar-refractivity contribution in [3.05, 3.63) is 29.3 Å². The maximum Gasteiger partial charge on any atom is 0.249 e. The Labute approximate surface area is 96.0 Å². The molecule has 0 saturated heterocycles. The van der Waals surface area contributed by atoms with Gasteiger partial charge in [-0.1, -0.05) is 12.5 Å². The van der Waals surface area contributed by atoms with Gasteiger partial charge in [-0.3, -0.25) is 4.79 Å². The second-order valence-corrected chi connectivity index (χ2v) is 4.52. The molecule has 1 aliphatic rings. The summed E-state index contributed by atoms with van der Waals surface area (Å²) in [5.41, 5.74) is 7.90. The first-order valence-corrected chi connectivity index (χ1v) is 5.82. The molecule has 1 aromatic carbocycles. The number of hydrogen-bond donors (Lipinski definition) is 2. The number of amides is 1. The summed E-state index contributed by atoms with van der Waals surface area (Å²) in [6, 6.07) is 5.64. The van der Waals surface area contributed by atoms with Crippen molar-refractivity contribution >= 4 is 11.6 Å². The Bertz CT molecular complexity index is 397. The quantitative estimate of drug-likeness (QED) is 0.814. The lowest BCUT2D eigenvalue weighted by Gasteiger charge is -2.26. The lowest BCUT2D eigenvalue weighted by atomic mass is 9.85. The average Bonchev–Trinajstić information content (AvgIpc) is 2.17. The van der Waals surface area contributed by atoms with Gasteiger partial charge in [0.15, 0.2) is 0 Å². The number of benzene rings is 1. The second-order valence-electron chi connectivity index (χ2n) is 4.52. The number of nitrogens with one attached hydrogen (secondary N) is 1. The molecule has 0 unspecified atom stereocenters. The average molecular weight is 218 g/mol. The topological polar surface area (TPSA) is 55.1 Å². The van der Waals surface area contributed by atoms with Crippen LogP contribution in [0.2, 0.25) is 0 Å². The van der Waals surface area contributed by atoms with E-state index in [1.807, 2.05) is 19.1 Å². The van der Waals surface area contributed by atoms with Gasteiger partial charge in [-0.25, -0.2) is 0 Å². The molecule has 1 amide bonds. The summed E-state index contributed by atoms with van der Waals surface area (Å²) in [7, 11) is 0.